The zero-order valence-electron chi connectivity index (χ0n) is 18.0. The zero-order valence-corrected chi connectivity index (χ0v) is 18.0. The fraction of sp³-hybridized carbons (Fsp3) is 0.250. The highest BCUT2D eigenvalue weighted by Crippen LogP contribution is 2.37. The smallest absolute Gasteiger partial charge is 0.348 e. The van der Waals surface area contributed by atoms with Gasteiger partial charge in [0.25, 0.3) is 5.88 Å². The lowest BCUT2D eigenvalue weighted by molar-refractivity contribution is 0.0499. The molecule has 0 bridgehead atoms. The molecule has 3 aromatic heterocycles. The molecule has 1 aromatic carbocycles. The maximum atomic E-state index is 12.5. The summed E-state index contributed by atoms with van der Waals surface area (Å²) in [6, 6.07) is 9.35. The monoisotopic (exact) mass is 460 g/mol. The second kappa shape index (κ2) is 8.54. The summed E-state index contributed by atoms with van der Waals surface area (Å²) in [5.41, 5.74) is 2.34. The standard InChI is InChI=1S/C24H20N4O6/c29-24-27-11-20(32-12-17-13-33-23-19(34-17)2-1-6-26-23)22-18-4-3-16(10-15(18)5-8-28(22)24)31-14-21-25-7-9-30-21/h1-4,6-7,9-11,17H,5,8,12-14H2/t17-/m0/s1. The van der Waals surface area contributed by atoms with Gasteiger partial charge in [-0.3, -0.25) is 4.57 Å². The molecule has 10 heteroatoms. The van der Waals surface area contributed by atoms with E-state index >= 15 is 0 Å². The topological polar surface area (TPSA) is 111 Å². The first-order valence-corrected chi connectivity index (χ1v) is 10.9. The molecule has 0 N–H and O–H groups in total. The maximum Gasteiger partial charge on any atom is 0.348 e. The quantitative estimate of drug-likeness (QED) is 0.429. The summed E-state index contributed by atoms with van der Waals surface area (Å²) in [5.74, 6) is 2.76. The first-order valence-electron chi connectivity index (χ1n) is 10.9. The third kappa shape index (κ3) is 3.83. The molecule has 0 aliphatic carbocycles. The molecule has 5 heterocycles. The third-order valence-electron chi connectivity index (χ3n) is 5.67. The van der Waals surface area contributed by atoms with Gasteiger partial charge in [0.05, 0.1) is 18.1 Å². The Labute approximate surface area is 193 Å². The van der Waals surface area contributed by atoms with E-state index in [9.17, 15) is 4.79 Å². The van der Waals surface area contributed by atoms with Crippen molar-refractivity contribution in [1.29, 1.82) is 0 Å². The Kier molecular flexibility index (Phi) is 5.10. The molecule has 172 valence electrons. The molecule has 4 aromatic rings. The predicted octanol–water partition coefficient (Wildman–Crippen LogP) is 2.65. The number of benzene rings is 1. The Morgan fingerprint density at radius 2 is 2.09 bits per heavy atom. The van der Waals surface area contributed by atoms with Crippen LogP contribution in [-0.2, 0) is 19.6 Å². The number of oxazole rings is 1. The fourth-order valence-corrected chi connectivity index (χ4v) is 4.09. The number of pyridine rings is 1. The second-order valence-electron chi connectivity index (χ2n) is 7.86. The van der Waals surface area contributed by atoms with Crippen LogP contribution in [0.2, 0.25) is 0 Å². The van der Waals surface area contributed by atoms with Crippen molar-refractivity contribution < 1.29 is 23.4 Å². The zero-order chi connectivity index (χ0) is 22.9. The van der Waals surface area contributed by atoms with Gasteiger partial charge in [0.2, 0.25) is 5.89 Å². The lowest BCUT2D eigenvalue weighted by atomic mass is 9.97. The van der Waals surface area contributed by atoms with Gasteiger partial charge in [0, 0.05) is 18.3 Å². The van der Waals surface area contributed by atoms with Gasteiger partial charge >= 0.3 is 5.69 Å². The first kappa shape index (κ1) is 20.3. The number of rotatable bonds is 6. The highest BCUT2D eigenvalue weighted by molar-refractivity contribution is 5.72. The van der Waals surface area contributed by atoms with Crippen molar-refractivity contribution in [3.8, 4) is 34.4 Å². The number of aryl methyl sites for hydroxylation is 1. The summed E-state index contributed by atoms with van der Waals surface area (Å²) in [4.78, 5) is 24.7. The van der Waals surface area contributed by atoms with Crippen LogP contribution in [0.15, 0.2) is 64.4 Å². The summed E-state index contributed by atoms with van der Waals surface area (Å²) in [6.45, 7) is 1.28. The van der Waals surface area contributed by atoms with E-state index in [1.807, 2.05) is 18.2 Å². The SMILES string of the molecule is O=c1ncc(OC[C@H]2COc3ncccc3O2)c2n1CCc1cc(OCc3ncco3)ccc1-2. The van der Waals surface area contributed by atoms with Crippen molar-refractivity contribution in [1.82, 2.24) is 19.5 Å². The molecular formula is C24H20N4O6. The Bertz CT molecular complexity index is 1380. The van der Waals surface area contributed by atoms with Crippen LogP contribution in [0.25, 0.3) is 11.3 Å². The number of fused-ring (bicyclic) bond motifs is 4. The molecule has 2 aliphatic heterocycles. The summed E-state index contributed by atoms with van der Waals surface area (Å²) in [6.07, 6.45) is 6.56. The minimum absolute atomic E-state index is 0.230. The van der Waals surface area contributed by atoms with E-state index in [2.05, 4.69) is 15.0 Å². The summed E-state index contributed by atoms with van der Waals surface area (Å²) >= 11 is 0. The number of aromatic nitrogens is 4. The first-order chi connectivity index (χ1) is 16.7. The van der Waals surface area contributed by atoms with Crippen LogP contribution in [-0.4, -0.2) is 38.8 Å². The molecule has 0 fully saturated rings. The molecule has 0 unspecified atom stereocenters. The van der Waals surface area contributed by atoms with Crippen LogP contribution in [0.3, 0.4) is 0 Å². The Morgan fingerprint density at radius 1 is 1.12 bits per heavy atom. The van der Waals surface area contributed by atoms with Crippen LogP contribution in [0.4, 0.5) is 0 Å². The number of hydrogen-bond donors (Lipinski definition) is 0. The molecule has 6 rings (SSSR count). The van der Waals surface area contributed by atoms with E-state index in [-0.39, 0.29) is 25.0 Å². The fourth-order valence-electron chi connectivity index (χ4n) is 4.09. The largest absolute Gasteiger partial charge is 0.486 e. The minimum Gasteiger partial charge on any atom is -0.486 e. The number of nitrogens with zero attached hydrogens (tertiary/aromatic N) is 4. The van der Waals surface area contributed by atoms with E-state index in [4.69, 9.17) is 23.4 Å². The maximum absolute atomic E-state index is 12.5. The lowest BCUT2D eigenvalue weighted by Crippen LogP contribution is -2.35. The van der Waals surface area contributed by atoms with E-state index < -0.39 is 0 Å². The second-order valence-corrected chi connectivity index (χ2v) is 7.86. The van der Waals surface area contributed by atoms with Crippen molar-refractivity contribution in [2.75, 3.05) is 13.2 Å². The average Bonchev–Trinajstić information content (AvgIpc) is 3.40. The Hall–Kier alpha value is -4.34. The Balaban J connectivity index is 1.23. The molecule has 34 heavy (non-hydrogen) atoms. The van der Waals surface area contributed by atoms with Crippen molar-refractivity contribution in [2.24, 2.45) is 0 Å². The molecule has 0 amide bonds. The molecule has 0 saturated heterocycles. The van der Waals surface area contributed by atoms with Gasteiger partial charge in [-0.05, 0) is 42.3 Å². The summed E-state index contributed by atoms with van der Waals surface area (Å²) < 4.78 is 30.4. The van der Waals surface area contributed by atoms with Gasteiger partial charge in [-0.1, -0.05) is 0 Å². The summed E-state index contributed by atoms with van der Waals surface area (Å²) in [5, 5.41) is 0. The molecule has 2 aliphatic rings. The van der Waals surface area contributed by atoms with Crippen LogP contribution in [0.5, 0.6) is 23.1 Å². The van der Waals surface area contributed by atoms with Crippen LogP contribution >= 0.6 is 0 Å². The highest BCUT2D eigenvalue weighted by Gasteiger charge is 2.26. The van der Waals surface area contributed by atoms with Crippen molar-refractivity contribution in [3.63, 3.8) is 0 Å². The van der Waals surface area contributed by atoms with E-state index in [1.165, 1.54) is 12.5 Å². The van der Waals surface area contributed by atoms with Crippen LogP contribution < -0.4 is 24.6 Å². The van der Waals surface area contributed by atoms with Gasteiger partial charge in [-0.15, -0.1) is 0 Å². The molecule has 0 saturated carbocycles. The highest BCUT2D eigenvalue weighted by atomic mass is 16.6. The van der Waals surface area contributed by atoms with Crippen molar-refractivity contribution in [3.05, 3.63) is 77.1 Å². The number of hydrogen-bond acceptors (Lipinski definition) is 9. The lowest BCUT2D eigenvalue weighted by Gasteiger charge is -2.27. The van der Waals surface area contributed by atoms with Crippen LogP contribution in [0, 0.1) is 0 Å². The molecule has 10 nitrogen and oxygen atoms in total. The molecular weight excluding hydrogens is 440 g/mol. The normalized spacial score (nSPS) is 15.8. The van der Waals surface area contributed by atoms with Crippen molar-refractivity contribution >= 4 is 0 Å². The molecule has 0 spiro atoms. The minimum atomic E-state index is -0.321. The van der Waals surface area contributed by atoms with E-state index in [1.54, 1.807) is 29.1 Å². The van der Waals surface area contributed by atoms with Gasteiger partial charge in [-0.25, -0.2) is 14.8 Å². The molecule has 0 radical (unpaired) electrons. The van der Waals surface area contributed by atoms with Gasteiger partial charge in [-0.2, -0.15) is 4.98 Å². The molecule has 1 atom stereocenters. The van der Waals surface area contributed by atoms with E-state index in [0.717, 1.165) is 11.1 Å². The van der Waals surface area contributed by atoms with Gasteiger partial charge < -0.3 is 23.4 Å². The number of ether oxygens (including phenoxy) is 4. The van der Waals surface area contributed by atoms with Gasteiger partial charge in [0.15, 0.2) is 24.2 Å². The predicted molar refractivity (Wildman–Crippen MR) is 118 cm³/mol. The third-order valence-corrected chi connectivity index (χ3v) is 5.67. The van der Waals surface area contributed by atoms with E-state index in [0.29, 0.717) is 54.3 Å². The average molecular weight is 460 g/mol. The Morgan fingerprint density at radius 3 is 3.00 bits per heavy atom. The van der Waals surface area contributed by atoms with Crippen molar-refractivity contribution in [2.45, 2.75) is 25.7 Å². The summed E-state index contributed by atoms with van der Waals surface area (Å²) in [7, 11) is 0. The van der Waals surface area contributed by atoms with Gasteiger partial charge in [0.1, 0.15) is 25.2 Å². The van der Waals surface area contributed by atoms with Crippen LogP contribution in [0.1, 0.15) is 11.5 Å².